The average Bonchev–Trinajstić information content (AvgIpc) is 3.09. The molecule has 2 aromatic heterocycles. The minimum absolute atomic E-state index is 0.164. The van der Waals surface area contributed by atoms with Gasteiger partial charge in [0.2, 0.25) is 0 Å². The van der Waals surface area contributed by atoms with E-state index in [1.165, 1.54) is 17.1 Å². The van der Waals surface area contributed by atoms with Gasteiger partial charge in [0.1, 0.15) is 29.7 Å². The van der Waals surface area contributed by atoms with E-state index >= 15 is 0 Å². The number of rotatable bonds is 6. The van der Waals surface area contributed by atoms with Gasteiger partial charge < -0.3 is 14.6 Å². The summed E-state index contributed by atoms with van der Waals surface area (Å²) in [6, 6.07) is 9.52. The number of hydrogen-bond acceptors (Lipinski definition) is 6. The summed E-state index contributed by atoms with van der Waals surface area (Å²) < 4.78 is 14.1. The van der Waals surface area contributed by atoms with Gasteiger partial charge in [-0.25, -0.2) is 9.67 Å². The van der Waals surface area contributed by atoms with Gasteiger partial charge >= 0.3 is 0 Å². The number of aromatic nitrogens is 4. The smallest absolute Gasteiger partial charge is 0.264 e. The van der Waals surface area contributed by atoms with Crippen LogP contribution in [-0.2, 0) is 17.8 Å². The first-order chi connectivity index (χ1) is 13.1. The molecule has 1 unspecified atom stereocenters. The van der Waals surface area contributed by atoms with E-state index in [0.717, 1.165) is 12.2 Å². The van der Waals surface area contributed by atoms with E-state index in [1.54, 1.807) is 4.68 Å². The fourth-order valence-electron chi connectivity index (χ4n) is 3.32. The van der Waals surface area contributed by atoms with Crippen LogP contribution in [0, 0.1) is 0 Å². The summed E-state index contributed by atoms with van der Waals surface area (Å²) in [5.41, 5.74) is -0.731. The Morgan fingerprint density at radius 3 is 2.93 bits per heavy atom. The summed E-state index contributed by atoms with van der Waals surface area (Å²) in [5, 5.41) is 15.3. The first kappa shape index (κ1) is 17.7. The van der Waals surface area contributed by atoms with Crippen molar-refractivity contribution >= 4 is 11.0 Å². The third kappa shape index (κ3) is 3.86. The van der Waals surface area contributed by atoms with E-state index in [1.807, 2.05) is 30.3 Å². The quantitative estimate of drug-likeness (QED) is 0.701. The van der Waals surface area contributed by atoms with Gasteiger partial charge in [0.05, 0.1) is 25.9 Å². The Morgan fingerprint density at radius 1 is 1.30 bits per heavy atom. The molecule has 0 aliphatic carbocycles. The van der Waals surface area contributed by atoms with Crippen molar-refractivity contribution in [3.8, 4) is 5.75 Å². The maximum Gasteiger partial charge on any atom is 0.264 e. The number of nitrogens with zero attached hydrogens (tertiary/aromatic N) is 4. The molecule has 1 aliphatic rings. The highest BCUT2D eigenvalue weighted by Gasteiger charge is 2.31. The maximum absolute atomic E-state index is 12.7. The number of para-hydroxylation sites is 1. The first-order valence-corrected chi connectivity index (χ1v) is 9.04. The number of aliphatic hydroxyl groups is 1. The summed E-state index contributed by atoms with van der Waals surface area (Å²) in [6.07, 6.45) is 4.37. The number of ether oxygens (including phenoxy) is 2. The maximum atomic E-state index is 12.7. The Morgan fingerprint density at radius 2 is 2.15 bits per heavy atom. The highest BCUT2D eigenvalue weighted by atomic mass is 16.5. The minimum Gasteiger partial charge on any atom is -0.492 e. The lowest BCUT2D eigenvalue weighted by molar-refractivity contribution is -0.0947. The van der Waals surface area contributed by atoms with Crippen molar-refractivity contribution in [2.45, 2.75) is 31.5 Å². The van der Waals surface area contributed by atoms with Gasteiger partial charge in [-0.05, 0) is 25.0 Å². The molecule has 0 saturated carbocycles. The van der Waals surface area contributed by atoms with Crippen LogP contribution in [0.4, 0.5) is 0 Å². The van der Waals surface area contributed by atoms with E-state index < -0.39 is 5.60 Å². The Hall–Kier alpha value is -2.71. The molecule has 4 rings (SSSR count). The van der Waals surface area contributed by atoms with Gasteiger partial charge in [0.15, 0.2) is 5.65 Å². The molecule has 1 N–H and O–H groups in total. The standard InChI is InChI=1S/C19H22N4O4/c24-18-16-11-21-23(8-10-27-15-5-2-1-3-6-15)17(16)20-14-22(18)12-19(25)7-4-9-26-13-19/h1-3,5-6,11,14,25H,4,7-10,12-13H2. The van der Waals surface area contributed by atoms with Crippen molar-refractivity contribution in [3.63, 3.8) is 0 Å². The fourth-order valence-corrected chi connectivity index (χ4v) is 3.32. The number of fused-ring (bicyclic) bond motifs is 1. The molecule has 0 radical (unpaired) electrons. The molecule has 8 nitrogen and oxygen atoms in total. The molecule has 8 heteroatoms. The predicted molar refractivity (Wildman–Crippen MR) is 98.7 cm³/mol. The van der Waals surface area contributed by atoms with Crippen LogP contribution in [-0.4, -0.2) is 49.9 Å². The van der Waals surface area contributed by atoms with Crippen LogP contribution in [0.2, 0.25) is 0 Å². The molecule has 1 fully saturated rings. The molecule has 1 saturated heterocycles. The van der Waals surface area contributed by atoms with Crippen molar-refractivity contribution in [3.05, 3.63) is 53.2 Å². The third-order valence-electron chi connectivity index (χ3n) is 4.70. The Kier molecular flexibility index (Phi) is 4.91. The fraction of sp³-hybridized carbons (Fsp3) is 0.421. The molecular formula is C19H22N4O4. The zero-order valence-corrected chi connectivity index (χ0v) is 15.0. The second kappa shape index (κ2) is 7.50. The zero-order valence-electron chi connectivity index (χ0n) is 15.0. The van der Waals surface area contributed by atoms with E-state index in [-0.39, 0.29) is 18.7 Å². The van der Waals surface area contributed by atoms with Gasteiger partial charge in [0, 0.05) is 6.61 Å². The molecular weight excluding hydrogens is 348 g/mol. The van der Waals surface area contributed by atoms with E-state index in [9.17, 15) is 9.90 Å². The van der Waals surface area contributed by atoms with Crippen molar-refractivity contribution in [1.29, 1.82) is 0 Å². The topological polar surface area (TPSA) is 91.4 Å². The van der Waals surface area contributed by atoms with Crippen LogP contribution in [0.25, 0.3) is 11.0 Å². The monoisotopic (exact) mass is 370 g/mol. The molecule has 0 bridgehead atoms. The summed E-state index contributed by atoms with van der Waals surface area (Å²) in [7, 11) is 0. The van der Waals surface area contributed by atoms with Crippen LogP contribution in [0.1, 0.15) is 12.8 Å². The lowest BCUT2D eigenvalue weighted by Gasteiger charge is -2.32. The summed E-state index contributed by atoms with van der Waals surface area (Å²) in [6.45, 7) is 1.94. The Labute approximate surface area is 156 Å². The van der Waals surface area contributed by atoms with E-state index in [2.05, 4.69) is 10.1 Å². The molecule has 0 spiro atoms. The zero-order chi connectivity index (χ0) is 18.7. The van der Waals surface area contributed by atoms with Gasteiger partial charge in [-0.3, -0.25) is 9.36 Å². The lowest BCUT2D eigenvalue weighted by Crippen LogP contribution is -2.44. The minimum atomic E-state index is -1.03. The van der Waals surface area contributed by atoms with Crippen LogP contribution >= 0.6 is 0 Å². The van der Waals surface area contributed by atoms with Crippen LogP contribution < -0.4 is 10.3 Å². The van der Waals surface area contributed by atoms with Crippen LogP contribution in [0.3, 0.4) is 0 Å². The second-order valence-corrected chi connectivity index (χ2v) is 6.82. The van der Waals surface area contributed by atoms with Crippen LogP contribution in [0.5, 0.6) is 5.75 Å². The molecule has 3 heterocycles. The lowest BCUT2D eigenvalue weighted by atomic mass is 9.97. The molecule has 0 amide bonds. The first-order valence-electron chi connectivity index (χ1n) is 9.04. The van der Waals surface area contributed by atoms with Crippen molar-refractivity contribution < 1.29 is 14.6 Å². The molecule has 1 atom stereocenters. The highest BCUT2D eigenvalue weighted by molar-refractivity contribution is 5.72. The SMILES string of the molecule is O=c1c2cnn(CCOc3ccccc3)c2ncn1CC1(O)CCCOC1. The highest BCUT2D eigenvalue weighted by Crippen LogP contribution is 2.20. The number of hydrogen-bond donors (Lipinski definition) is 1. The second-order valence-electron chi connectivity index (χ2n) is 6.82. The van der Waals surface area contributed by atoms with Crippen LogP contribution in [0.15, 0.2) is 47.7 Å². The molecule has 3 aromatic rings. The largest absolute Gasteiger partial charge is 0.492 e. The summed E-state index contributed by atoms with van der Waals surface area (Å²) in [5.74, 6) is 0.784. The number of benzene rings is 1. The summed E-state index contributed by atoms with van der Waals surface area (Å²) in [4.78, 5) is 17.1. The van der Waals surface area contributed by atoms with Gasteiger partial charge in [-0.1, -0.05) is 18.2 Å². The van der Waals surface area contributed by atoms with Crippen molar-refractivity contribution in [2.75, 3.05) is 19.8 Å². The van der Waals surface area contributed by atoms with Crippen molar-refractivity contribution in [1.82, 2.24) is 19.3 Å². The predicted octanol–water partition coefficient (Wildman–Crippen LogP) is 1.21. The van der Waals surface area contributed by atoms with Gasteiger partial charge in [0.25, 0.3) is 5.56 Å². The van der Waals surface area contributed by atoms with E-state index in [0.29, 0.717) is 37.2 Å². The Balaban J connectivity index is 1.48. The average molecular weight is 370 g/mol. The van der Waals surface area contributed by atoms with E-state index in [4.69, 9.17) is 9.47 Å². The molecule has 1 aromatic carbocycles. The Bertz CT molecular complexity index is 961. The molecule has 142 valence electrons. The summed E-state index contributed by atoms with van der Waals surface area (Å²) >= 11 is 0. The van der Waals surface area contributed by atoms with Gasteiger partial charge in [-0.2, -0.15) is 5.10 Å². The van der Waals surface area contributed by atoms with Crippen molar-refractivity contribution in [2.24, 2.45) is 0 Å². The molecule has 27 heavy (non-hydrogen) atoms. The normalized spacial score (nSPS) is 20.0. The van der Waals surface area contributed by atoms with Gasteiger partial charge in [-0.15, -0.1) is 0 Å². The molecule has 1 aliphatic heterocycles. The third-order valence-corrected chi connectivity index (χ3v) is 4.70.